The minimum atomic E-state index is 0. The minimum absolute atomic E-state index is 0. The van der Waals surface area contributed by atoms with E-state index in [4.69, 9.17) is 5.11 Å². The molecule has 2 rings (SSSR count). The van der Waals surface area contributed by atoms with E-state index in [2.05, 4.69) is 12.2 Å². The molecule has 1 saturated heterocycles. The number of aliphatic hydroxyl groups excluding tert-OH is 1. The smallest absolute Gasteiger partial charge is 0.0587 e. The van der Waals surface area contributed by atoms with Crippen LogP contribution in [-0.2, 0) is 0 Å². The molecule has 2 N–H and O–H groups in total. The van der Waals surface area contributed by atoms with Crippen LogP contribution in [0.1, 0.15) is 19.8 Å². The van der Waals surface area contributed by atoms with E-state index in [-0.39, 0.29) is 12.4 Å². The maximum absolute atomic E-state index is 9.04. The lowest BCUT2D eigenvalue weighted by molar-refractivity contribution is 0.220. The Morgan fingerprint density at radius 1 is 1.42 bits per heavy atom. The normalized spacial score (nSPS) is 45.5. The fourth-order valence-corrected chi connectivity index (χ4v) is 2.83. The van der Waals surface area contributed by atoms with Crippen LogP contribution in [0, 0.1) is 17.8 Å². The zero-order valence-electron chi connectivity index (χ0n) is 7.49. The van der Waals surface area contributed by atoms with Gasteiger partial charge in [0.05, 0.1) is 6.61 Å². The van der Waals surface area contributed by atoms with Gasteiger partial charge in [-0.3, -0.25) is 0 Å². The average molecular weight is 192 g/mol. The summed E-state index contributed by atoms with van der Waals surface area (Å²) in [6.07, 6.45) is 2.69. The summed E-state index contributed by atoms with van der Waals surface area (Å²) in [6.45, 7) is 3.79. The number of aliphatic hydroxyl groups is 1. The Morgan fingerprint density at radius 3 is 2.83 bits per heavy atom. The van der Waals surface area contributed by atoms with E-state index < -0.39 is 0 Å². The van der Waals surface area contributed by atoms with E-state index in [1.54, 1.807) is 0 Å². The van der Waals surface area contributed by atoms with Crippen LogP contribution in [-0.4, -0.2) is 24.3 Å². The Morgan fingerprint density at radius 2 is 2.17 bits per heavy atom. The number of nitrogens with one attached hydrogen (secondary N) is 1. The second kappa shape index (κ2) is 3.95. The average Bonchev–Trinajstić information content (AvgIpc) is 2.45. The molecular weight excluding hydrogens is 174 g/mol. The van der Waals surface area contributed by atoms with Crippen LogP contribution in [0.25, 0.3) is 0 Å². The molecule has 2 aliphatic rings. The van der Waals surface area contributed by atoms with Crippen LogP contribution >= 0.6 is 12.4 Å². The van der Waals surface area contributed by atoms with Crippen molar-refractivity contribution < 1.29 is 5.11 Å². The fraction of sp³-hybridized carbons (Fsp3) is 1.00. The van der Waals surface area contributed by atoms with Crippen LogP contribution in [0.15, 0.2) is 0 Å². The van der Waals surface area contributed by atoms with Crippen molar-refractivity contribution in [3.05, 3.63) is 0 Å². The summed E-state index contributed by atoms with van der Waals surface area (Å²) in [4.78, 5) is 0. The predicted octanol–water partition coefficient (Wildman–Crippen LogP) is 1.03. The molecule has 3 heteroatoms. The van der Waals surface area contributed by atoms with Crippen LogP contribution in [0.4, 0.5) is 0 Å². The van der Waals surface area contributed by atoms with Crippen LogP contribution < -0.4 is 5.32 Å². The van der Waals surface area contributed by atoms with Gasteiger partial charge >= 0.3 is 0 Å². The van der Waals surface area contributed by atoms with E-state index in [1.165, 1.54) is 12.8 Å². The van der Waals surface area contributed by atoms with Gasteiger partial charge in [0.2, 0.25) is 0 Å². The summed E-state index contributed by atoms with van der Waals surface area (Å²) in [5, 5.41) is 12.4. The third-order valence-electron chi connectivity index (χ3n) is 3.34. The van der Waals surface area contributed by atoms with Crippen molar-refractivity contribution in [3.63, 3.8) is 0 Å². The van der Waals surface area contributed by atoms with E-state index >= 15 is 0 Å². The highest BCUT2D eigenvalue weighted by Gasteiger charge is 2.41. The van der Waals surface area contributed by atoms with E-state index in [0.29, 0.717) is 12.6 Å². The first-order valence-corrected chi connectivity index (χ1v) is 4.65. The maximum Gasteiger partial charge on any atom is 0.0587 e. The summed E-state index contributed by atoms with van der Waals surface area (Å²) < 4.78 is 0. The van der Waals surface area contributed by atoms with Crippen LogP contribution in [0.5, 0.6) is 0 Å². The first-order chi connectivity index (χ1) is 5.31. The summed E-state index contributed by atoms with van der Waals surface area (Å²) >= 11 is 0. The first kappa shape index (κ1) is 10.3. The molecule has 2 fully saturated rings. The van der Waals surface area contributed by atoms with Gasteiger partial charge in [-0.15, -0.1) is 12.4 Å². The molecule has 2 nitrogen and oxygen atoms in total. The summed E-state index contributed by atoms with van der Waals surface area (Å²) in [5.74, 6) is 2.53. The van der Waals surface area contributed by atoms with Gasteiger partial charge in [0.25, 0.3) is 0 Å². The predicted molar refractivity (Wildman–Crippen MR) is 51.5 cm³/mol. The van der Waals surface area contributed by atoms with Crippen molar-refractivity contribution in [2.75, 3.05) is 13.2 Å². The number of hydrogen-bond donors (Lipinski definition) is 2. The molecule has 4 atom stereocenters. The molecule has 0 aromatic rings. The lowest BCUT2D eigenvalue weighted by Crippen LogP contribution is -2.30. The van der Waals surface area contributed by atoms with Crippen molar-refractivity contribution >= 4 is 12.4 Å². The summed E-state index contributed by atoms with van der Waals surface area (Å²) in [5.41, 5.74) is 0. The van der Waals surface area contributed by atoms with Crippen LogP contribution in [0.3, 0.4) is 0 Å². The zero-order valence-corrected chi connectivity index (χ0v) is 8.31. The van der Waals surface area contributed by atoms with Crippen LogP contribution in [0.2, 0.25) is 0 Å². The van der Waals surface area contributed by atoms with Gasteiger partial charge in [-0.1, -0.05) is 6.92 Å². The Bertz CT molecular complexity index is 151. The molecule has 12 heavy (non-hydrogen) atoms. The van der Waals surface area contributed by atoms with E-state index in [9.17, 15) is 0 Å². The Balaban J connectivity index is 0.000000720. The van der Waals surface area contributed by atoms with Gasteiger partial charge in [-0.2, -0.15) is 0 Å². The number of hydrogen-bond acceptors (Lipinski definition) is 2. The topological polar surface area (TPSA) is 32.3 Å². The van der Waals surface area contributed by atoms with Gasteiger partial charge in [-0.05, 0) is 37.1 Å². The van der Waals surface area contributed by atoms with E-state index in [1.807, 2.05) is 0 Å². The van der Waals surface area contributed by atoms with Gasteiger partial charge in [0.15, 0.2) is 0 Å². The van der Waals surface area contributed by atoms with Crippen molar-refractivity contribution in [1.82, 2.24) is 5.32 Å². The SMILES string of the molecule is CC1CC2CNC(CO)[C@H]2C1.Cl. The van der Waals surface area contributed by atoms with Crippen molar-refractivity contribution in [3.8, 4) is 0 Å². The highest BCUT2D eigenvalue weighted by atomic mass is 35.5. The number of rotatable bonds is 1. The molecule has 1 aliphatic heterocycles. The van der Waals surface area contributed by atoms with Crippen molar-refractivity contribution in [2.24, 2.45) is 17.8 Å². The molecule has 1 saturated carbocycles. The third kappa shape index (κ3) is 1.61. The summed E-state index contributed by atoms with van der Waals surface area (Å²) in [7, 11) is 0. The van der Waals surface area contributed by atoms with Gasteiger partial charge < -0.3 is 10.4 Å². The highest BCUT2D eigenvalue weighted by molar-refractivity contribution is 5.85. The van der Waals surface area contributed by atoms with E-state index in [0.717, 1.165) is 24.3 Å². The molecule has 0 bridgehead atoms. The fourth-order valence-electron chi connectivity index (χ4n) is 2.83. The number of halogens is 1. The van der Waals surface area contributed by atoms with Crippen molar-refractivity contribution in [1.29, 1.82) is 0 Å². The molecular formula is C9H18ClNO. The maximum atomic E-state index is 9.04. The molecule has 1 aliphatic carbocycles. The second-order valence-electron chi connectivity index (χ2n) is 4.20. The van der Waals surface area contributed by atoms with Gasteiger partial charge in [0.1, 0.15) is 0 Å². The molecule has 0 radical (unpaired) electrons. The molecule has 0 spiro atoms. The molecule has 0 amide bonds. The highest BCUT2D eigenvalue weighted by Crippen LogP contribution is 2.40. The first-order valence-electron chi connectivity index (χ1n) is 4.65. The lowest BCUT2D eigenvalue weighted by Gasteiger charge is -2.15. The molecule has 0 aromatic carbocycles. The van der Waals surface area contributed by atoms with Gasteiger partial charge in [-0.25, -0.2) is 0 Å². The molecule has 72 valence electrons. The molecule has 1 heterocycles. The second-order valence-corrected chi connectivity index (χ2v) is 4.20. The quantitative estimate of drug-likeness (QED) is 0.649. The monoisotopic (exact) mass is 191 g/mol. The third-order valence-corrected chi connectivity index (χ3v) is 3.34. The van der Waals surface area contributed by atoms with Gasteiger partial charge in [0, 0.05) is 6.04 Å². The molecule has 0 aromatic heterocycles. The Kier molecular flexibility index (Phi) is 3.38. The standard InChI is InChI=1S/C9H17NO.ClH/c1-6-2-7-4-10-9(5-11)8(7)3-6;/h6-11H,2-5H2,1H3;1H/t6?,7?,8-,9?;/m0./s1. The largest absolute Gasteiger partial charge is 0.395 e. The molecule has 3 unspecified atom stereocenters. The number of fused-ring (bicyclic) bond motifs is 1. The zero-order chi connectivity index (χ0) is 7.84. The van der Waals surface area contributed by atoms with Crippen molar-refractivity contribution in [2.45, 2.75) is 25.8 Å². The minimum Gasteiger partial charge on any atom is -0.395 e. The summed E-state index contributed by atoms with van der Waals surface area (Å²) in [6, 6.07) is 0.407. The lowest BCUT2D eigenvalue weighted by atomic mass is 9.94. The Hall–Kier alpha value is 0.210. The Labute approximate surface area is 80.1 Å².